The van der Waals surface area contributed by atoms with Gasteiger partial charge >= 0.3 is 5.97 Å². The lowest BCUT2D eigenvalue weighted by Gasteiger charge is -2.15. The molecule has 0 radical (unpaired) electrons. The first-order valence-electron chi connectivity index (χ1n) is 7.01. The van der Waals surface area contributed by atoms with Gasteiger partial charge in [0.1, 0.15) is 0 Å². The summed E-state index contributed by atoms with van der Waals surface area (Å²) in [6.07, 6.45) is 3.79. The summed E-state index contributed by atoms with van der Waals surface area (Å²) in [6.45, 7) is 4.22. The van der Waals surface area contributed by atoms with E-state index in [1.165, 1.54) is 12.1 Å². The molecule has 0 N–H and O–H groups in total. The second-order valence-corrected chi connectivity index (χ2v) is 4.65. The van der Waals surface area contributed by atoms with Crippen LogP contribution in [0.3, 0.4) is 0 Å². The number of carbonyl (C=O) groups excluding carboxylic acids is 1. The molecule has 20 heavy (non-hydrogen) atoms. The number of hydrogen-bond donors (Lipinski definition) is 0. The van der Waals surface area contributed by atoms with Gasteiger partial charge in [0.25, 0.3) is 5.69 Å². The largest absolute Gasteiger partial charge is 0.466 e. The second kappa shape index (κ2) is 8.30. The molecule has 0 saturated carbocycles. The number of rotatable bonds is 8. The maximum Gasteiger partial charge on any atom is 0.313 e. The van der Waals surface area contributed by atoms with Gasteiger partial charge in [-0.25, -0.2) is 0 Å². The third-order valence-corrected chi connectivity index (χ3v) is 3.17. The van der Waals surface area contributed by atoms with Crippen molar-refractivity contribution < 1.29 is 14.5 Å². The van der Waals surface area contributed by atoms with E-state index < -0.39 is 4.92 Å². The van der Waals surface area contributed by atoms with E-state index in [4.69, 9.17) is 4.74 Å². The van der Waals surface area contributed by atoms with E-state index in [0.717, 1.165) is 24.8 Å². The Balaban J connectivity index is 2.85. The topological polar surface area (TPSA) is 69.4 Å². The van der Waals surface area contributed by atoms with Crippen LogP contribution in [0.5, 0.6) is 0 Å². The Labute approximate surface area is 119 Å². The van der Waals surface area contributed by atoms with E-state index in [1.807, 2.05) is 0 Å². The van der Waals surface area contributed by atoms with E-state index in [1.54, 1.807) is 19.1 Å². The normalized spacial score (nSPS) is 11.9. The molecule has 1 aromatic rings. The average molecular weight is 279 g/mol. The minimum atomic E-state index is -0.444. The molecule has 0 spiro atoms. The van der Waals surface area contributed by atoms with Gasteiger partial charge in [-0.15, -0.1) is 0 Å². The molecular formula is C15H21NO4. The van der Waals surface area contributed by atoms with Gasteiger partial charge in [0.05, 0.1) is 17.4 Å². The van der Waals surface area contributed by atoms with Crippen LogP contribution in [-0.4, -0.2) is 17.5 Å². The standard InChI is InChI=1S/C15H21NO4/c1-3-5-6-7-14(15(17)20-4-2)12-8-10-13(11-9-12)16(18)19/h8-11,14H,3-7H2,1-2H3/t14-/m1/s1. The van der Waals surface area contributed by atoms with Gasteiger partial charge in [-0.1, -0.05) is 38.3 Å². The first kappa shape index (κ1) is 16.1. The van der Waals surface area contributed by atoms with E-state index in [-0.39, 0.29) is 17.6 Å². The molecule has 1 atom stereocenters. The number of nitrogens with zero attached hydrogens (tertiary/aromatic N) is 1. The van der Waals surface area contributed by atoms with Crippen molar-refractivity contribution in [2.75, 3.05) is 6.61 Å². The summed E-state index contributed by atoms with van der Waals surface area (Å²) in [7, 11) is 0. The van der Waals surface area contributed by atoms with Gasteiger partial charge in [0, 0.05) is 12.1 Å². The molecule has 5 heteroatoms. The summed E-state index contributed by atoms with van der Waals surface area (Å²) in [5.41, 5.74) is 0.815. The fourth-order valence-corrected chi connectivity index (χ4v) is 2.09. The van der Waals surface area contributed by atoms with E-state index in [0.29, 0.717) is 13.0 Å². The van der Waals surface area contributed by atoms with Crippen LogP contribution < -0.4 is 0 Å². The highest BCUT2D eigenvalue weighted by atomic mass is 16.6. The lowest BCUT2D eigenvalue weighted by Crippen LogP contribution is -2.16. The van der Waals surface area contributed by atoms with E-state index in [2.05, 4.69) is 6.92 Å². The number of nitro groups is 1. The van der Waals surface area contributed by atoms with Crippen LogP contribution in [0.2, 0.25) is 0 Å². The van der Waals surface area contributed by atoms with Crippen LogP contribution >= 0.6 is 0 Å². The summed E-state index contributed by atoms with van der Waals surface area (Å²) < 4.78 is 5.09. The Morgan fingerprint density at radius 2 is 1.90 bits per heavy atom. The number of benzene rings is 1. The number of hydrogen-bond acceptors (Lipinski definition) is 4. The van der Waals surface area contributed by atoms with Gasteiger partial charge in [-0.05, 0) is 18.9 Å². The van der Waals surface area contributed by atoms with Gasteiger partial charge in [-0.3, -0.25) is 14.9 Å². The zero-order valence-electron chi connectivity index (χ0n) is 12.0. The van der Waals surface area contributed by atoms with E-state index in [9.17, 15) is 14.9 Å². The fraction of sp³-hybridized carbons (Fsp3) is 0.533. The molecule has 0 fully saturated rings. The number of ether oxygens (including phenoxy) is 1. The maximum atomic E-state index is 12.0. The number of non-ortho nitro benzene ring substituents is 1. The Hall–Kier alpha value is -1.91. The van der Waals surface area contributed by atoms with Crippen LogP contribution in [0, 0.1) is 10.1 Å². The van der Waals surface area contributed by atoms with Crippen molar-refractivity contribution in [3.8, 4) is 0 Å². The highest BCUT2D eigenvalue weighted by molar-refractivity contribution is 5.78. The van der Waals surface area contributed by atoms with Crippen molar-refractivity contribution in [3.63, 3.8) is 0 Å². The molecule has 0 unspecified atom stereocenters. The minimum absolute atomic E-state index is 0.0323. The van der Waals surface area contributed by atoms with Crippen molar-refractivity contribution in [1.82, 2.24) is 0 Å². The lowest BCUT2D eigenvalue weighted by atomic mass is 9.93. The third-order valence-electron chi connectivity index (χ3n) is 3.17. The van der Waals surface area contributed by atoms with Gasteiger partial charge < -0.3 is 4.74 Å². The number of esters is 1. The van der Waals surface area contributed by atoms with Crippen molar-refractivity contribution in [1.29, 1.82) is 0 Å². The SMILES string of the molecule is CCCCC[C@@H](C(=O)OCC)c1ccc([N+](=O)[O-])cc1. The summed E-state index contributed by atoms with van der Waals surface area (Å²) >= 11 is 0. The monoisotopic (exact) mass is 279 g/mol. The minimum Gasteiger partial charge on any atom is -0.466 e. The lowest BCUT2D eigenvalue weighted by molar-refractivity contribution is -0.384. The summed E-state index contributed by atoms with van der Waals surface area (Å²) in [5.74, 6) is -0.584. The molecule has 1 rings (SSSR count). The predicted octanol–water partition coefficient (Wildman–Crippen LogP) is 3.82. The molecule has 0 aliphatic carbocycles. The summed E-state index contributed by atoms with van der Waals surface area (Å²) in [5, 5.41) is 10.6. The third kappa shape index (κ3) is 4.64. The van der Waals surface area contributed by atoms with Gasteiger partial charge in [0.15, 0.2) is 0 Å². The Morgan fingerprint density at radius 1 is 1.25 bits per heavy atom. The first-order valence-corrected chi connectivity index (χ1v) is 7.01. The molecule has 5 nitrogen and oxygen atoms in total. The Bertz CT molecular complexity index is 442. The smallest absolute Gasteiger partial charge is 0.313 e. The van der Waals surface area contributed by atoms with Crippen molar-refractivity contribution in [2.45, 2.75) is 45.4 Å². The van der Waals surface area contributed by atoms with E-state index >= 15 is 0 Å². The molecule has 0 aliphatic rings. The number of unbranched alkanes of at least 4 members (excludes halogenated alkanes) is 2. The highest BCUT2D eigenvalue weighted by Crippen LogP contribution is 2.26. The zero-order chi connectivity index (χ0) is 15.0. The van der Waals surface area contributed by atoms with Crippen LogP contribution in [-0.2, 0) is 9.53 Å². The fourth-order valence-electron chi connectivity index (χ4n) is 2.09. The van der Waals surface area contributed by atoms with Crippen molar-refractivity contribution in [2.24, 2.45) is 0 Å². The maximum absolute atomic E-state index is 12.0. The Kier molecular flexibility index (Phi) is 6.70. The van der Waals surface area contributed by atoms with Crippen LogP contribution in [0.25, 0.3) is 0 Å². The van der Waals surface area contributed by atoms with Crippen LogP contribution in [0.1, 0.15) is 51.0 Å². The Morgan fingerprint density at radius 3 is 2.40 bits per heavy atom. The molecule has 0 heterocycles. The molecular weight excluding hydrogens is 258 g/mol. The molecule has 0 amide bonds. The van der Waals surface area contributed by atoms with Crippen LogP contribution in [0.15, 0.2) is 24.3 Å². The molecule has 0 aromatic heterocycles. The second-order valence-electron chi connectivity index (χ2n) is 4.65. The molecule has 110 valence electrons. The summed E-state index contributed by atoms with van der Waals surface area (Å²) in [6, 6.07) is 6.15. The first-order chi connectivity index (χ1) is 9.60. The molecule has 0 saturated heterocycles. The zero-order valence-corrected chi connectivity index (χ0v) is 12.0. The number of nitro benzene ring substituents is 1. The van der Waals surface area contributed by atoms with Gasteiger partial charge in [-0.2, -0.15) is 0 Å². The molecule has 1 aromatic carbocycles. The average Bonchev–Trinajstić information content (AvgIpc) is 2.44. The number of carbonyl (C=O) groups is 1. The summed E-state index contributed by atoms with van der Waals surface area (Å²) in [4.78, 5) is 22.2. The molecule has 0 aliphatic heterocycles. The van der Waals surface area contributed by atoms with Crippen molar-refractivity contribution in [3.05, 3.63) is 39.9 Å². The van der Waals surface area contributed by atoms with Crippen LogP contribution in [0.4, 0.5) is 5.69 Å². The predicted molar refractivity (Wildman–Crippen MR) is 76.6 cm³/mol. The highest BCUT2D eigenvalue weighted by Gasteiger charge is 2.22. The molecule has 0 bridgehead atoms. The van der Waals surface area contributed by atoms with Gasteiger partial charge in [0.2, 0.25) is 0 Å². The quantitative estimate of drug-likeness (QED) is 0.314. The van der Waals surface area contributed by atoms with Crippen molar-refractivity contribution >= 4 is 11.7 Å².